The van der Waals surface area contributed by atoms with Gasteiger partial charge in [-0.25, -0.2) is 4.79 Å². The van der Waals surface area contributed by atoms with E-state index in [2.05, 4.69) is 0 Å². The van der Waals surface area contributed by atoms with Crippen LogP contribution in [0.25, 0.3) is 11.0 Å². The molecule has 1 saturated heterocycles. The Balaban J connectivity index is 1.60. The quantitative estimate of drug-likeness (QED) is 0.509. The van der Waals surface area contributed by atoms with Gasteiger partial charge in [0.1, 0.15) is 35.7 Å². The van der Waals surface area contributed by atoms with Crippen LogP contribution in [0.2, 0.25) is 0 Å². The van der Waals surface area contributed by atoms with Crippen molar-refractivity contribution in [3.8, 4) is 5.75 Å². The van der Waals surface area contributed by atoms with Crippen LogP contribution in [0, 0.1) is 0 Å². The van der Waals surface area contributed by atoms with Crippen molar-refractivity contribution in [2.75, 3.05) is 13.2 Å². The van der Waals surface area contributed by atoms with E-state index in [0.717, 1.165) is 10.9 Å². The van der Waals surface area contributed by atoms with Crippen molar-refractivity contribution in [3.05, 3.63) is 40.2 Å². The highest BCUT2D eigenvalue weighted by molar-refractivity contribution is 5.80. The van der Waals surface area contributed by atoms with Crippen molar-refractivity contribution in [1.29, 1.82) is 0 Å². The molecular formula is C20H24O9. The fourth-order valence-electron chi connectivity index (χ4n) is 3.90. The summed E-state index contributed by atoms with van der Waals surface area (Å²) < 4.78 is 22.4. The molecule has 158 valence electrons. The molecule has 2 aromatic rings. The third-order valence-electron chi connectivity index (χ3n) is 5.64. The van der Waals surface area contributed by atoms with Crippen LogP contribution >= 0.6 is 0 Å². The summed E-state index contributed by atoms with van der Waals surface area (Å²) in [6, 6.07) is 6.54. The first-order valence-corrected chi connectivity index (χ1v) is 9.40. The van der Waals surface area contributed by atoms with E-state index in [4.69, 9.17) is 18.6 Å². The molecule has 0 aliphatic carbocycles. The Labute approximate surface area is 166 Å². The van der Waals surface area contributed by atoms with E-state index in [1.54, 1.807) is 26.0 Å². The Bertz CT molecular complexity index is 951. The van der Waals surface area contributed by atoms with Crippen molar-refractivity contribution < 1.29 is 39.1 Å². The molecule has 0 saturated carbocycles. The summed E-state index contributed by atoms with van der Waals surface area (Å²) in [7, 11) is 0. The van der Waals surface area contributed by atoms with E-state index in [0.29, 0.717) is 17.9 Å². The predicted octanol–water partition coefficient (Wildman–Crippen LogP) is -0.136. The Kier molecular flexibility index (Phi) is 5.14. The fourth-order valence-corrected chi connectivity index (χ4v) is 3.90. The van der Waals surface area contributed by atoms with Gasteiger partial charge in [0, 0.05) is 23.1 Å². The van der Waals surface area contributed by atoms with Crippen LogP contribution in [0.3, 0.4) is 0 Å². The molecule has 0 bridgehead atoms. The highest BCUT2D eigenvalue weighted by Crippen LogP contribution is 2.44. The van der Waals surface area contributed by atoms with Crippen molar-refractivity contribution in [2.45, 2.75) is 56.1 Å². The van der Waals surface area contributed by atoms with E-state index in [1.807, 2.05) is 6.07 Å². The number of ether oxygens (including phenoxy) is 3. The third kappa shape index (κ3) is 3.54. The molecule has 0 spiro atoms. The second-order valence-corrected chi connectivity index (χ2v) is 7.96. The van der Waals surface area contributed by atoms with Crippen LogP contribution in [-0.4, -0.2) is 69.9 Å². The Morgan fingerprint density at radius 1 is 1.14 bits per heavy atom. The maximum absolute atomic E-state index is 11.4. The van der Waals surface area contributed by atoms with Crippen LogP contribution in [-0.2, 0) is 9.47 Å². The lowest BCUT2D eigenvalue weighted by Crippen LogP contribution is -2.60. The second-order valence-electron chi connectivity index (χ2n) is 7.96. The van der Waals surface area contributed by atoms with Crippen LogP contribution in [0.1, 0.15) is 25.3 Å². The first-order chi connectivity index (χ1) is 13.7. The number of aliphatic hydroxyl groups is 4. The first kappa shape index (κ1) is 20.3. The summed E-state index contributed by atoms with van der Waals surface area (Å²) in [6.45, 7) is 3.36. The fraction of sp³-hybridized carbons (Fsp3) is 0.550. The molecule has 2 aliphatic rings. The SMILES string of the molecule is CC(C)(O[C@@H]1O[C@H](CO)[C@@H](O)[C@H](O)[C@H]1O)[C@@H]1COc2cc3oc(=O)ccc3cc21. The largest absolute Gasteiger partial charge is 0.492 e. The van der Waals surface area contributed by atoms with Crippen molar-refractivity contribution in [2.24, 2.45) is 0 Å². The van der Waals surface area contributed by atoms with E-state index >= 15 is 0 Å². The van der Waals surface area contributed by atoms with Gasteiger partial charge >= 0.3 is 5.63 Å². The molecule has 0 unspecified atom stereocenters. The van der Waals surface area contributed by atoms with Gasteiger partial charge in [-0.2, -0.15) is 0 Å². The molecule has 29 heavy (non-hydrogen) atoms. The molecule has 6 atom stereocenters. The zero-order chi connectivity index (χ0) is 20.9. The van der Waals surface area contributed by atoms with Crippen molar-refractivity contribution in [3.63, 3.8) is 0 Å². The minimum atomic E-state index is -1.51. The number of fused-ring (bicyclic) bond motifs is 2. The molecule has 0 radical (unpaired) electrons. The topological polar surface area (TPSA) is 139 Å². The Morgan fingerprint density at radius 2 is 1.90 bits per heavy atom. The van der Waals surface area contributed by atoms with Crippen LogP contribution < -0.4 is 10.4 Å². The van der Waals surface area contributed by atoms with Crippen molar-refractivity contribution in [1.82, 2.24) is 0 Å². The van der Waals surface area contributed by atoms with Gasteiger partial charge in [-0.1, -0.05) is 0 Å². The van der Waals surface area contributed by atoms with E-state index in [1.165, 1.54) is 6.07 Å². The summed E-state index contributed by atoms with van der Waals surface area (Å²) in [5.74, 6) is 0.323. The Hall–Kier alpha value is -2.01. The molecule has 9 nitrogen and oxygen atoms in total. The number of aliphatic hydroxyl groups excluding tert-OH is 4. The molecule has 0 amide bonds. The lowest BCUT2D eigenvalue weighted by molar-refractivity contribution is -0.325. The first-order valence-electron chi connectivity index (χ1n) is 9.40. The van der Waals surface area contributed by atoms with Gasteiger partial charge in [-0.05, 0) is 26.0 Å². The van der Waals surface area contributed by atoms with E-state index in [-0.39, 0.29) is 5.92 Å². The summed E-state index contributed by atoms with van der Waals surface area (Å²) in [5, 5.41) is 40.3. The Morgan fingerprint density at radius 3 is 2.62 bits per heavy atom. The molecule has 1 fully saturated rings. The minimum Gasteiger partial charge on any atom is -0.492 e. The lowest BCUT2D eigenvalue weighted by atomic mass is 9.85. The highest BCUT2D eigenvalue weighted by atomic mass is 16.7. The molecular weight excluding hydrogens is 384 g/mol. The standard InChI is InChI=1S/C20H24O9/c1-20(2,29-19-18(25)17(24)16(23)14(7-21)28-19)11-8-26-13-6-12-9(5-10(11)13)3-4-15(22)27-12/h3-6,11,14,16-19,21,23-25H,7-8H2,1-2H3/t11-,14-,16-,17+,18-,19+/m1/s1. The highest BCUT2D eigenvalue weighted by Gasteiger charge is 2.48. The molecule has 9 heteroatoms. The molecule has 3 heterocycles. The summed E-state index contributed by atoms with van der Waals surface area (Å²) in [6.07, 6.45) is -6.74. The summed E-state index contributed by atoms with van der Waals surface area (Å²) in [4.78, 5) is 11.4. The summed E-state index contributed by atoms with van der Waals surface area (Å²) >= 11 is 0. The van der Waals surface area contributed by atoms with Gasteiger partial charge in [0.2, 0.25) is 0 Å². The maximum atomic E-state index is 11.4. The van der Waals surface area contributed by atoms with Crippen LogP contribution in [0.15, 0.2) is 33.5 Å². The van der Waals surface area contributed by atoms with Gasteiger partial charge in [0.05, 0.1) is 24.7 Å². The van der Waals surface area contributed by atoms with Gasteiger partial charge in [0.15, 0.2) is 6.29 Å². The van der Waals surface area contributed by atoms with E-state index in [9.17, 15) is 25.2 Å². The van der Waals surface area contributed by atoms with Crippen LogP contribution in [0.5, 0.6) is 5.75 Å². The number of hydrogen-bond acceptors (Lipinski definition) is 9. The molecule has 4 N–H and O–H groups in total. The van der Waals surface area contributed by atoms with Crippen LogP contribution in [0.4, 0.5) is 0 Å². The van der Waals surface area contributed by atoms with Gasteiger partial charge in [-0.3, -0.25) is 0 Å². The maximum Gasteiger partial charge on any atom is 0.336 e. The average Bonchev–Trinajstić information content (AvgIpc) is 3.10. The third-order valence-corrected chi connectivity index (χ3v) is 5.64. The van der Waals surface area contributed by atoms with E-state index < -0.39 is 48.5 Å². The second kappa shape index (κ2) is 7.35. The molecule has 4 rings (SSSR count). The zero-order valence-electron chi connectivity index (χ0n) is 16.0. The molecule has 2 aliphatic heterocycles. The average molecular weight is 408 g/mol. The minimum absolute atomic E-state index is 0.249. The van der Waals surface area contributed by atoms with Gasteiger partial charge in [0.25, 0.3) is 0 Å². The van der Waals surface area contributed by atoms with Gasteiger partial charge < -0.3 is 39.1 Å². The normalized spacial score (nSPS) is 32.2. The monoisotopic (exact) mass is 408 g/mol. The summed E-state index contributed by atoms with van der Waals surface area (Å²) in [5.41, 5.74) is -0.0776. The lowest BCUT2D eigenvalue weighted by Gasteiger charge is -2.43. The molecule has 1 aromatic carbocycles. The number of rotatable bonds is 4. The number of hydrogen-bond donors (Lipinski definition) is 4. The number of benzene rings is 1. The van der Waals surface area contributed by atoms with Crippen molar-refractivity contribution >= 4 is 11.0 Å². The van der Waals surface area contributed by atoms with Gasteiger partial charge in [-0.15, -0.1) is 0 Å². The molecule has 1 aromatic heterocycles. The zero-order valence-corrected chi connectivity index (χ0v) is 16.0. The predicted molar refractivity (Wildman–Crippen MR) is 99.7 cm³/mol. The smallest absolute Gasteiger partial charge is 0.336 e.